The molecular weight excluding hydrogens is 422 g/mol. The van der Waals surface area contributed by atoms with Crippen LogP contribution in [0.5, 0.6) is 17.2 Å². The van der Waals surface area contributed by atoms with E-state index in [1.807, 2.05) is 36.4 Å². The Morgan fingerprint density at radius 1 is 0.765 bits per heavy atom. The lowest BCUT2D eigenvalue weighted by molar-refractivity contribution is 0.249. The molecule has 34 heavy (non-hydrogen) atoms. The highest BCUT2D eigenvalue weighted by molar-refractivity contribution is 5.93. The molecule has 0 aliphatic carbocycles. The minimum absolute atomic E-state index is 0.253. The van der Waals surface area contributed by atoms with Crippen molar-refractivity contribution in [3.8, 4) is 28.4 Å². The van der Waals surface area contributed by atoms with E-state index in [9.17, 15) is 10.2 Å². The van der Waals surface area contributed by atoms with Gasteiger partial charge in [-0.05, 0) is 95.4 Å². The van der Waals surface area contributed by atoms with E-state index in [1.165, 1.54) is 11.1 Å². The minimum Gasteiger partial charge on any atom is -0.508 e. The topological polar surface area (TPSA) is 52.9 Å². The van der Waals surface area contributed by atoms with Gasteiger partial charge < -0.3 is 19.8 Å². The molecule has 0 unspecified atom stereocenters. The van der Waals surface area contributed by atoms with E-state index in [0.29, 0.717) is 6.61 Å². The second-order valence-electron chi connectivity index (χ2n) is 8.59. The molecule has 4 nitrogen and oxygen atoms in total. The summed E-state index contributed by atoms with van der Waals surface area (Å²) < 4.78 is 5.96. The van der Waals surface area contributed by atoms with Crippen LogP contribution < -0.4 is 4.74 Å². The first-order valence-corrected chi connectivity index (χ1v) is 12.1. The molecule has 0 aromatic heterocycles. The fourth-order valence-corrected chi connectivity index (χ4v) is 4.41. The molecule has 0 heterocycles. The Kier molecular flexibility index (Phi) is 7.71. The number of aromatic hydroxyl groups is 2. The lowest BCUT2D eigenvalue weighted by atomic mass is 9.90. The fraction of sp³-hybridized carbons (Fsp3) is 0.267. The summed E-state index contributed by atoms with van der Waals surface area (Å²) in [6.45, 7) is 8.30. The molecule has 4 aromatic carbocycles. The van der Waals surface area contributed by atoms with Crippen molar-refractivity contribution >= 4 is 10.8 Å². The summed E-state index contributed by atoms with van der Waals surface area (Å²) in [5, 5.41) is 21.8. The third-order valence-electron chi connectivity index (χ3n) is 6.38. The van der Waals surface area contributed by atoms with Crippen molar-refractivity contribution in [1.82, 2.24) is 4.90 Å². The Morgan fingerprint density at radius 2 is 1.47 bits per heavy atom. The van der Waals surface area contributed by atoms with Gasteiger partial charge in [-0.1, -0.05) is 56.3 Å². The van der Waals surface area contributed by atoms with E-state index < -0.39 is 0 Å². The molecule has 0 amide bonds. The van der Waals surface area contributed by atoms with Gasteiger partial charge in [0.2, 0.25) is 0 Å². The molecule has 176 valence electrons. The molecule has 4 rings (SSSR count). The highest BCUT2D eigenvalue weighted by Crippen LogP contribution is 2.34. The zero-order valence-electron chi connectivity index (χ0n) is 20.0. The molecule has 0 fully saturated rings. The van der Waals surface area contributed by atoms with Crippen molar-refractivity contribution in [3.63, 3.8) is 0 Å². The van der Waals surface area contributed by atoms with Gasteiger partial charge in [0.05, 0.1) is 6.61 Å². The first kappa shape index (κ1) is 23.7. The zero-order chi connectivity index (χ0) is 23.9. The fourth-order valence-electron chi connectivity index (χ4n) is 4.41. The highest BCUT2D eigenvalue weighted by atomic mass is 16.5. The second kappa shape index (κ2) is 11.1. The number of benzene rings is 4. The van der Waals surface area contributed by atoms with E-state index in [1.54, 1.807) is 24.3 Å². The first-order chi connectivity index (χ1) is 16.6. The molecule has 4 heteroatoms. The van der Waals surface area contributed by atoms with Gasteiger partial charge in [-0.3, -0.25) is 0 Å². The van der Waals surface area contributed by atoms with Gasteiger partial charge in [-0.2, -0.15) is 0 Å². The molecule has 0 aliphatic heterocycles. The summed E-state index contributed by atoms with van der Waals surface area (Å²) >= 11 is 0. The van der Waals surface area contributed by atoms with Gasteiger partial charge in [0, 0.05) is 6.54 Å². The van der Waals surface area contributed by atoms with Crippen LogP contribution in [0.4, 0.5) is 0 Å². The number of ether oxygens (including phenoxy) is 1. The van der Waals surface area contributed by atoms with Crippen LogP contribution in [0.1, 0.15) is 31.4 Å². The van der Waals surface area contributed by atoms with E-state index in [4.69, 9.17) is 4.74 Å². The average Bonchev–Trinajstić information content (AvgIpc) is 2.86. The van der Waals surface area contributed by atoms with E-state index in [2.05, 4.69) is 36.9 Å². The maximum atomic E-state index is 9.96. The van der Waals surface area contributed by atoms with Crippen molar-refractivity contribution in [2.45, 2.75) is 26.7 Å². The van der Waals surface area contributed by atoms with Crippen LogP contribution in [0.15, 0.2) is 78.9 Å². The number of nitrogens with zero attached hydrogens (tertiary/aromatic N) is 1. The van der Waals surface area contributed by atoms with Crippen LogP contribution in [0, 0.1) is 0 Å². The quantitative estimate of drug-likeness (QED) is 0.264. The number of phenols is 2. The van der Waals surface area contributed by atoms with Crippen molar-refractivity contribution in [2.75, 3.05) is 26.2 Å². The summed E-state index contributed by atoms with van der Waals surface area (Å²) in [6, 6.07) is 25.3. The van der Waals surface area contributed by atoms with E-state index >= 15 is 0 Å². The number of hydrogen-bond acceptors (Lipinski definition) is 4. The first-order valence-electron chi connectivity index (χ1n) is 12.1. The summed E-state index contributed by atoms with van der Waals surface area (Å²) in [7, 11) is 0. The Morgan fingerprint density at radius 3 is 2.18 bits per heavy atom. The Labute approximate surface area is 202 Å². The van der Waals surface area contributed by atoms with Crippen molar-refractivity contribution in [2.24, 2.45) is 0 Å². The summed E-state index contributed by atoms with van der Waals surface area (Å²) in [4.78, 5) is 2.40. The molecule has 0 saturated heterocycles. The summed E-state index contributed by atoms with van der Waals surface area (Å²) in [6.07, 6.45) is 1.77. The van der Waals surface area contributed by atoms with Crippen molar-refractivity contribution in [1.29, 1.82) is 0 Å². The summed E-state index contributed by atoms with van der Waals surface area (Å²) in [5.41, 5.74) is 4.55. The SMILES string of the molecule is CCN(CC)CCCOc1ccc(Cc2c(-c3ccc(O)cc3)ccc3cc(O)ccc23)cc1. The van der Waals surface area contributed by atoms with E-state index in [0.717, 1.165) is 60.1 Å². The normalized spacial score (nSPS) is 11.3. The van der Waals surface area contributed by atoms with Crippen LogP contribution >= 0.6 is 0 Å². The largest absolute Gasteiger partial charge is 0.508 e. The molecule has 2 N–H and O–H groups in total. The highest BCUT2D eigenvalue weighted by Gasteiger charge is 2.12. The maximum absolute atomic E-state index is 9.96. The number of phenolic OH excluding ortho intramolecular Hbond substituents is 2. The molecule has 4 aromatic rings. The van der Waals surface area contributed by atoms with E-state index in [-0.39, 0.29) is 11.5 Å². The lowest BCUT2D eigenvalue weighted by Crippen LogP contribution is -2.25. The number of hydrogen-bond donors (Lipinski definition) is 2. The molecule has 0 spiro atoms. The van der Waals surface area contributed by atoms with Gasteiger partial charge in [0.1, 0.15) is 17.2 Å². The summed E-state index contributed by atoms with van der Waals surface area (Å²) in [5.74, 6) is 1.41. The maximum Gasteiger partial charge on any atom is 0.119 e. The zero-order valence-corrected chi connectivity index (χ0v) is 20.0. The van der Waals surface area contributed by atoms with Gasteiger partial charge in [0.15, 0.2) is 0 Å². The average molecular weight is 456 g/mol. The Balaban J connectivity index is 1.55. The second-order valence-corrected chi connectivity index (χ2v) is 8.59. The predicted octanol–water partition coefficient (Wildman–Crippen LogP) is 6.62. The smallest absolute Gasteiger partial charge is 0.119 e. The van der Waals surface area contributed by atoms with Crippen molar-refractivity contribution in [3.05, 3.63) is 90.0 Å². The van der Waals surface area contributed by atoms with Gasteiger partial charge in [0.25, 0.3) is 0 Å². The molecular formula is C30H33NO3. The molecule has 0 bridgehead atoms. The monoisotopic (exact) mass is 455 g/mol. The predicted molar refractivity (Wildman–Crippen MR) is 140 cm³/mol. The van der Waals surface area contributed by atoms with Gasteiger partial charge in [-0.25, -0.2) is 0 Å². The third-order valence-corrected chi connectivity index (χ3v) is 6.38. The molecule has 0 atom stereocenters. The van der Waals surface area contributed by atoms with Gasteiger partial charge in [-0.15, -0.1) is 0 Å². The third kappa shape index (κ3) is 5.70. The van der Waals surface area contributed by atoms with Crippen LogP contribution in [0.2, 0.25) is 0 Å². The van der Waals surface area contributed by atoms with Crippen LogP contribution in [0.25, 0.3) is 21.9 Å². The number of fused-ring (bicyclic) bond motifs is 1. The Hall–Kier alpha value is -3.50. The molecule has 0 saturated carbocycles. The van der Waals surface area contributed by atoms with Gasteiger partial charge >= 0.3 is 0 Å². The number of rotatable bonds is 10. The minimum atomic E-state index is 0.253. The molecule has 0 radical (unpaired) electrons. The Bertz CT molecular complexity index is 1210. The lowest BCUT2D eigenvalue weighted by Gasteiger charge is -2.17. The van der Waals surface area contributed by atoms with Crippen LogP contribution in [0.3, 0.4) is 0 Å². The van der Waals surface area contributed by atoms with Crippen LogP contribution in [-0.4, -0.2) is 41.4 Å². The van der Waals surface area contributed by atoms with Crippen molar-refractivity contribution < 1.29 is 14.9 Å². The molecule has 0 aliphatic rings. The van der Waals surface area contributed by atoms with Crippen LogP contribution in [-0.2, 0) is 6.42 Å². The standard InChI is InChI=1S/C30H33NO3/c1-3-31(4-2)18-5-19-34-27-14-6-22(7-15-27)20-30-28(23-8-11-25(32)12-9-23)16-10-24-21-26(33)13-17-29(24)30/h6-17,21,32-33H,3-5,18-20H2,1-2H3.